The topological polar surface area (TPSA) is 73.7 Å². The number of rotatable bonds is 7. The van der Waals surface area contributed by atoms with Gasteiger partial charge in [0, 0.05) is 11.6 Å². The summed E-state index contributed by atoms with van der Waals surface area (Å²) in [5.41, 5.74) is 4.42. The van der Waals surface area contributed by atoms with Crippen molar-refractivity contribution in [3.63, 3.8) is 0 Å². The van der Waals surface area contributed by atoms with E-state index < -0.39 is 0 Å². The highest BCUT2D eigenvalue weighted by molar-refractivity contribution is 5.73. The van der Waals surface area contributed by atoms with Crippen LogP contribution in [0.3, 0.4) is 0 Å². The van der Waals surface area contributed by atoms with Crippen molar-refractivity contribution in [3.05, 3.63) is 89.9 Å². The van der Waals surface area contributed by atoms with Gasteiger partial charge in [-0.25, -0.2) is 9.97 Å². The maximum absolute atomic E-state index is 10.7. The van der Waals surface area contributed by atoms with Gasteiger partial charge in [-0.15, -0.1) is 0 Å². The standard InChI is InChI=1S/C26H24N2O4/c1-17-8-9-18(2)19(12-17)15-31-20-10-11-21(22(29)13-20)26-25(14-27-16-28-26)32-24-7-5-4-6-23(24)30-3/h4-14,16,29H,15H2,1-3H3. The Labute approximate surface area is 187 Å². The Morgan fingerprint density at radius 2 is 1.72 bits per heavy atom. The summed E-state index contributed by atoms with van der Waals surface area (Å²) in [6.07, 6.45) is 2.97. The van der Waals surface area contributed by atoms with Gasteiger partial charge in [-0.2, -0.15) is 0 Å². The van der Waals surface area contributed by atoms with Crippen molar-refractivity contribution < 1.29 is 19.3 Å². The van der Waals surface area contributed by atoms with Gasteiger partial charge in [0.1, 0.15) is 30.1 Å². The Hall–Kier alpha value is -4.06. The van der Waals surface area contributed by atoms with Gasteiger partial charge in [-0.3, -0.25) is 0 Å². The highest BCUT2D eigenvalue weighted by Gasteiger charge is 2.16. The smallest absolute Gasteiger partial charge is 0.172 e. The fourth-order valence-electron chi connectivity index (χ4n) is 3.33. The lowest BCUT2D eigenvalue weighted by atomic mass is 10.1. The minimum atomic E-state index is 0.0343. The van der Waals surface area contributed by atoms with Gasteiger partial charge >= 0.3 is 0 Å². The zero-order valence-electron chi connectivity index (χ0n) is 18.2. The number of aromatic nitrogens is 2. The van der Waals surface area contributed by atoms with Gasteiger partial charge in [0.25, 0.3) is 0 Å². The van der Waals surface area contributed by atoms with Crippen LogP contribution in [0.4, 0.5) is 0 Å². The summed E-state index contributed by atoms with van der Waals surface area (Å²) in [6.45, 7) is 4.52. The van der Waals surface area contributed by atoms with Crippen LogP contribution in [0.25, 0.3) is 11.3 Å². The first-order valence-corrected chi connectivity index (χ1v) is 10.2. The number of aryl methyl sites for hydroxylation is 2. The van der Waals surface area contributed by atoms with Crippen LogP contribution in [0.1, 0.15) is 16.7 Å². The summed E-state index contributed by atoms with van der Waals surface area (Å²) in [7, 11) is 1.58. The normalized spacial score (nSPS) is 10.6. The third-order valence-corrected chi connectivity index (χ3v) is 5.09. The van der Waals surface area contributed by atoms with E-state index in [-0.39, 0.29) is 5.75 Å². The SMILES string of the molecule is COc1ccccc1Oc1cncnc1-c1ccc(OCc2cc(C)ccc2C)cc1O. The molecule has 4 rings (SSSR count). The first-order valence-electron chi connectivity index (χ1n) is 10.2. The molecule has 0 aliphatic rings. The van der Waals surface area contributed by atoms with Crippen LogP contribution < -0.4 is 14.2 Å². The zero-order valence-corrected chi connectivity index (χ0v) is 18.2. The molecule has 3 aromatic carbocycles. The minimum absolute atomic E-state index is 0.0343. The summed E-state index contributed by atoms with van der Waals surface area (Å²) >= 11 is 0. The van der Waals surface area contributed by atoms with Crippen LogP contribution in [-0.2, 0) is 6.61 Å². The van der Waals surface area contributed by atoms with E-state index in [1.165, 1.54) is 11.9 Å². The molecule has 6 heteroatoms. The number of hydrogen-bond donors (Lipinski definition) is 1. The van der Waals surface area contributed by atoms with Crippen molar-refractivity contribution in [2.45, 2.75) is 20.5 Å². The Morgan fingerprint density at radius 3 is 2.50 bits per heavy atom. The van der Waals surface area contributed by atoms with Gasteiger partial charge in [0.05, 0.1) is 13.3 Å². The third kappa shape index (κ3) is 4.64. The molecule has 32 heavy (non-hydrogen) atoms. The highest BCUT2D eigenvalue weighted by atomic mass is 16.5. The number of phenols is 1. The Bertz CT molecular complexity index is 1240. The molecule has 1 aromatic heterocycles. The molecule has 0 saturated heterocycles. The number of phenolic OH excluding ortho intramolecular Hbond substituents is 1. The number of para-hydroxylation sites is 2. The molecule has 0 amide bonds. The second-order valence-electron chi connectivity index (χ2n) is 7.39. The van der Waals surface area contributed by atoms with E-state index in [9.17, 15) is 5.11 Å². The first-order chi connectivity index (χ1) is 15.5. The maximum atomic E-state index is 10.7. The molecule has 0 spiro atoms. The summed E-state index contributed by atoms with van der Waals surface area (Å²) in [6, 6.07) is 18.7. The molecule has 6 nitrogen and oxygen atoms in total. The second-order valence-corrected chi connectivity index (χ2v) is 7.39. The molecular weight excluding hydrogens is 404 g/mol. The highest BCUT2D eigenvalue weighted by Crippen LogP contribution is 2.39. The van der Waals surface area contributed by atoms with Crippen molar-refractivity contribution in [2.24, 2.45) is 0 Å². The van der Waals surface area contributed by atoms with E-state index >= 15 is 0 Å². The predicted octanol–water partition coefficient (Wildman–Crippen LogP) is 5.85. The van der Waals surface area contributed by atoms with E-state index in [4.69, 9.17) is 14.2 Å². The maximum Gasteiger partial charge on any atom is 0.172 e. The largest absolute Gasteiger partial charge is 0.507 e. The van der Waals surface area contributed by atoms with E-state index in [0.29, 0.717) is 40.9 Å². The van der Waals surface area contributed by atoms with Crippen molar-refractivity contribution in [1.29, 1.82) is 0 Å². The molecule has 162 valence electrons. The average Bonchev–Trinajstić information content (AvgIpc) is 2.81. The molecule has 4 aromatic rings. The number of aromatic hydroxyl groups is 1. The molecule has 0 fully saturated rings. The van der Waals surface area contributed by atoms with E-state index in [1.807, 2.05) is 12.1 Å². The van der Waals surface area contributed by atoms with Crippen LogP contribution in [0.5, 0.6) is 28.7 Å². The van der Waals surface area contributed by atoms with Crippen molar-refractivity contribution in [3.8, 4) is 40.0 Å². The zero-order chi connectivity index (χ0) is 22.5. The lowest BCUT2D eigenvalue weighted by Crippen LogP contribution is -1.99. The van der Waals surface area contributed by atoms with Crippen molar-refractivity contribution >= 4 is 0 Å². The van der Waals surface area contributed by atoms with Gasteiger partial charge in [-0.1, -0.05) is 35.9 Å². The first kappa shape index (κ1) is 21.2. The fourth-order valence-corrected chi connectivity index (χ4v) is 3.33. The third-order valence-electron chi connectivity index (χ3n) is 5.09. The molecule has 1 heterocycles. The second kappa shape index (κ2) is 9.39. The van der Waals surface area contributed by atoms with Gasteiger partial charge in [0.2, 0.25) is 0 Å². The molecular formula is C26H24N2O4. The van der Waals surface area contributed by atoms with Crippen LogP contribution in [0.15, 0.2) is 73.2 Å². The van der Waals surface area contributed by atoms with Crippen LogP contribution in [-0.4, -0.2) is 22.2 Å². The Balaban J connectivity index is 1.58. The quantitative estimate of drug-likeness (QED) is 0.398. The van der Waals surface area contributed by atoms with E-state index in [1.54, 1.807) is 43.6 Å². The van der Waals surface area contributed by atoms with E-state index in [0.717, 1.165) is 11.1 Å². The lowest BCUT2D eigenvalue weighted by molar-refractivity contribution is 0.303. The molecule has 1 N–H and O–H groups in total. The number of nitrogens with zero attached hydrogens (tertiary/aromatic N) is 2. The van der Waals surface area contributed by atoms with Crippen molar-refractivity contribution in [1.82, 2.24) is 9.97 Å². The monoisotopic (exact) mass is 428 g/mol. The van der Waals surface area contributed by atoms with Crippen LogP contribution in [0, 0.1) is 13.8 Å². The fraction of sp³-hybridized carbons (Fsp3) is 0.154. The van der Waals surface area contributed by atoms with Gasteiger partial charge < -0.3 is 19.3 Å². The molecule has 0 radical (unpaired) electrons. The minimum Gasteiger partial charge on any atom is -0.507 e. The number of ether oxygens (including phenoxy) is 3. The summed E-state index contributed by atoms with van der Waals surface area (Å²) in [5.74, 6) is 2.11. The molecule has 0 saturated carbocycles. The van der Waals surface area contributed by atoms with Crippen molar-refractivity contribution in [2.75, 3.05) is 7.11 Å². The summed E-state index contributed by atoms with van der Waals surface area (Å²) in [4.78, 5) is 8.39. The van der Waals surface area contributed by atoms with Crippen LogP contribution >= 0.6 is 0 Å². The Kier molecular flexibility index (Phi) is 6.22. The van der Waals surface area contributed by atoms with Crippen LogP contribution in [0.2, 0.25) is 0 Å². The summed E-state index contributed by atoms with van der Waals surface area (Å²) in [5, 5.41) is 10.7. The molecule has 0 aliphatic heterocycles. The molecule has 0 bridgehead atoms. The predicted molar refractivity (Wildman–Crippen MR) is 122 cm³/mol. The molecule has 0 aliphatic carbocycles. The average molecular weight is 428 g/mol. The molecule has 0 unspecified atom stereocenters. The molecule has 0 atom stereocenters. The van der Waals surface area contributed by atoms with Gasteiger partial charge in [-0.05, 0) is 49.2 Å². The lowest BCUT2D eigenvalue weighted by Gasteiger charge is -2.14. The number of methoxy groups -OCH3 is 1. The number of hydrogen-bond acceptors (Lipinski definition) is 6. The number of benzene rings is 3. The Morgan fingerprint density at radius 1 is 0.906 bits per heavy atom. The van der Waals surface area contributed by atoms with E-state index in [2.05, 4.69) is 42.0 Å². The summed E-state index contributed by atoms with van der Waals surface area (Å²) < 4.78 is 17.3. The van der Waals surface area contributed by atoms with Gasteiger partial charge in [0.15, 0.2) is 17.2 Å².